The Kier molecular flexibility index (Phi) is 3.54. The lowest BCUT2D eigenvalue weighted by Crippen LogP contribution is -2.59. The van der Waals surface area contributed by atoms with E-state index in [9.17, 15) is 23.1 Å². The predicted octanol–water partition coefficient (Wildman–Crippen LogP) is 2.76. The number of rotatable bonds is 2. The molecule has 0 aliphatic heterocycles. The second kappa shape index (κ2) is 4.92. The van der Waals surface area contributed by atoms with Crippen LogP contribution in [0.25, 0.3) is 10.8 Å². The molecule has 0 fully saturated rings. The molecule has 4 nitrogen and oxygen atoms in total. The molecule has 0 bridgehead atoms. The van der Waals surface area contributed by atoms with Gasteiger partial charge < -0.3 is 16.2 Å². The second-order valence-electron chi connectivity index (χ2n) is 4.83. The maximum absolute atomic E-state index is 12.7. The zero-order valence-corrected chi connectivity index (χ0v) is 11.0. The monoisotopic (exact) mass is 298 g/mol. The molecule has 2 rings (SSSR count). The van der Waals surface area contributed by atoms with Crippen LogP contribution in [0.2, 0.25) is 0 Å². The van der Waals surface area contributed by atoms with E-state index in [0.29, 0.717) is 17.7 Å². The van der Waals surface area contributed by atoms with Crippen molar-refractivity contribution in [2.24, 2.45) is 5.73 Å². The van der Waals surface area contributed by atoms with E-state index in [1.807, 2.05) is 0 Å². The summed E-state index contributed by atoms with van der Waals surface area (Å²) >= 11 is 0. The van der Waals surface area contributed by atoms with Crippen molar-refractivity contribution in [2.45, 2.75) is 18.6 Å². The number of benzene rings is 2. The molecule has 2 aromatic rings. The molecule has 0 spiro atoms. The van der Waals surface area contributed by atoms with Crippen LogP contribution in [0.1, 0.15) is 6.92 Å². The van der Waals surface area contributed by atoms with Gasteiger partial charge in [0, 0.05) is 16.5 Å². The van der Waals surface area contributed by atoms with Crippen molar-refractivity contribution in [3.8, 4) is 5.75 Å². The molecular weight excluding hydrogens is 285 g/mol. The van der Waals surface area contributed by atoms with Gasteiger partial charge in [0.15, 0.2) is 5.54 Å². The highest BCUT2D eigenvalue weighted by atomic mass is 19.4. The lowest BCUT2D eigenvalue weighted by atomic mass is 10.0. The Morgan fingerprint density at radius 1 is 1.14 bits per heavy atom. The topological polar surface area (TPSA) is 75.4 Å². The third kappa shape index (κ3) is 2.64. The molecule has 0 heterocycles. The number of anilines is 1. The SMILES string of the molecule is CC(N)(C(=O)Nc1cccc2c(O)cccc12)C(F)(F)F. The molecule has 112 valence electrons. The smallest absolute Gasteiger partial charge is 0.415 e. The van der Waals surface area contributed by atoms with E-state index in [0.717, 1.165) is 0 Å². The summed E-state index contributed by atoms with van der Waals surface area (Å²) in [6.45, 7) is 0.602. The highest BCUT2D eigenvalue weighted by molar-refractivity contribution is 6.06. The molecule has 0 radical (unpaired) electrons. The fourth-order valence-corrected chi connectivity index (χ4v) is 1.78. The van der Waals surface area contributed by atoms with Crippen molar-refractivity contribution in [3.63, 3.8) is 0 Å². The maximum atomic E-state index is 12.7. The largest absolute Gasteiger partial charge is 0.507 e. The number of nitrogens with one attached hydrogen (secondary N) is 1. The van der Waals surface area contributed by atoms with Crippen LogP contribution in [0, 0.1) is 0 Å². The van der Waals surface area contributed by atoms with Gasteiger partial charge in [-0.1, -0.05) is 24.3 Å². The third-order valence-electron chi connectivity index (χ3n) is 3.21. The average Bonchev–Trinajstić information content (AvgIpc) is 2.38. The molecule has 1 atom stereocenters. The minimum atomic E-state index is -4.87. The molecule has 4 N–H and O–H groups in total. The number of phenols is 1. The summed E-state index contributed by atoms with van der Waals surface area (Å²) in [5, 5.41) is 12.7. The van der Waals surface area contributed by atoms with Crippen molar-refractivity contribution in [1.29, 1.82) is 0 Å². The summed E-state index contributed by atoms with van der Waals surface area (Å²) < 4.78 is 38.2. The minimum absolute atomic E-state index is 0.0325. The van der Waals surface area contributed by atoms with Crippen LogP contribution in [0.15, 0.2) is 36.4 Å². The van der Waals surface area contributed by atoms with Gasteiger partial charge in [-0.3, -0.25) is 4.79 Å². The Labute approximate surface area is 118 Å². The normalized spacial score (nSPS) is 14.7. The maximum Gasteiger partial charge on any atom is 0.415 e. The van der Waals surface area contributed by atoms with E-state index >= 15 is 0 Å². The number of alkyl halides is 3. The standard InChI is InChI=1S/C14H13F3N2O2/c1-13(18,14(15,16)17)12(21)19-10-6-2-5-9-8(10)4-3-7-11(9)20/h2-7,20H,18H2,1H3,(H,19,21). The molecule has 0 aliphatic rings. The molecule has 21 heavy (non-hydrogen) atoms. The summed E-state index contributed by atoms with van der Waals surface area (Å²) in [5.74, 6) is -1.40. The van der Waals surface area contributed by atoms with Gasteiger partial charge in [-0.05, 0) is 19.1 Å². The highest BCUT2D eigenvalue weighted by Gasteiger charge is 2.54. The molecule has 0 saturated carbocycles. The van der Waals surface area contributed by atoms with E-state index in [1.54, 1.807) is 12.1 Å². The molecule has 0 saturated heterocycles. The lowest BCUT2D eigenvalue weighted by Gasteiger charge is -2.26. The van der Waals surface area contributed by atoms with Crippen LogP contribution >= 0.6 is 0 Å². The van der Waals surface area contributed by atoms with Crippen LogP contribution in [0.3, 0.4) is 0 Å². The first-order chi connectivity index (χ1) is 9.64. The number of carbonyl (C=O) groups excluding carboxylic acids is 1. The van der Waals surface area contributed by atoms with E-state index in [4.69, 9.17) is 5.73 Å². The number of aromatic hydroxyl groups is 1. The molecule has 0 aromatic heterocycles. The van der Waals surface area contributed by atoms with Crippen molar-refractivity contribution in [1.82, 2.24) is 0 Å². The van der Waals surface area contributed by atoms with Crippen molar-refractivity contribution in [3.05, 3.63) is 36.4 Å². The van der Waals surface area contributed by atoms with Gasteiger partial charge in [0.2, 0.25) is 0 Å². The van der Waals surface area contributed by atoms with Crippen LogP contribution in [-0.2, 0) is 4.79 Å². The number of carbonyl (C=O) groups is 1. The molecular formula is C14H13F3N2O2. The Morgan fingerprint density at radius 2 is 1.71 bits per heavy atom. The Bertz CT molecular complexity index is 696. The summed E-state index contributed by atoms with van der Waals surface area (Å²) in [7, 11) is 0. The van der Waals surface area contributed by atoms with Crippen molar-refractivity contribution in [2.75, 3.05) is 5.32 Å². The molecule has 0 aliphatic carbocycles. The van der Waals surface area contributed by atoms with Gasteiger partial charge in [0.25, 0.3) is 5.91 Å². The van der Waals surface area contributed by atoms with Gasteiger partial charge in [0.05, 0.1) is 0 Å². The van der Waals surface area contributed by atoms with Gasteiger partial charge >= 0.3 is 6.18 Å². The van der Waals surface area contributed by atoms with Gasteiger partial charge in [0.1, 0.15) is 5.75 Å². The first-order valence-corrected chi connectivity index (χ1v) is 6.02. The van der Waals surface area contributed by atoms with E-state index in [-0.39, 0.29) is 11.4 Å². The molecule has 7 heteroatoms. The molecule has 2 aromatic carbocycles. The Morgan fingerprint density at radius 3 is 2.33 bits per heavy atom. The van der Waals surface area contributed by atoms with Crippen LogP contribution in [0.5, 0.6) is 5.75 Å². The van der Waals surface area contributed by atoms with E-state index < -0.39 is 17.6 Å². The third-order valence-corrected chi connectivity index (χ3v) is 3.21. The fourth-order valence-electron chi connectivity index (χ4n) is 1.78. The number of fused-ring (bicyclic) bond motifs is 1. The number of phenolic OH excluding ortho intramolecular Hbond substituents is 1. The quantitative estimate of drug-likeness (QED) is 0.798. The number of hydrogen-bond acceptors (Lipinski definition) is 3. The Balaban J connectivity index is 2.42. The number of amides is 1. The fraction of sp³-hybridized carbons (Fsp3) is 0.214. The summed E-state index contributed by atoms with van der Waals surface area (Å²) in [5.41, 5.74) is 2.21. The number of nitrogens with two attached hydrogens (primary N) is 1. The van der Waals surface area contributed by atoms with Crippen LogP contribution < -0.4 is 11.1 Å². The number of halogens is 3. The summed E-state index contributed by atoms with van der Waals surface area (Å²) in [4.78, 5) is 11.8. The van der Waals surface area contributed by atoms with Gasteiger partial charge in [-0.15, -0.1) is 0 Å². The van der Waals surface area contributed by atoms with Gasteiger partial charge in [-0.2, -0.15) is 13.2 Å². The van der Waals surface area contributed by atoms with Gasteiger partial charge in [-0.25, -0.2) is 0 Å². The second-order valence-corrected chi connectivity index (χ2v) is 4.83. The first-order valence-electron chi connectivity index (χ1n) is 6.02. The lowest BCUT2D eigenvalue weighted by molar-refractivity contribution is -0.184. The summed E-state index contributed by atoms with van der Waals surface area (Å²) in [6.07, 6.45) is -4.87. The predicted molar refractivity (Wildman–Crippen MR) is 72.9 cm³/mol. The van der Waals surface area contributed by atoms with Crippen molar-refractivity contribution < 1.29 is 23.1 Å². The van der Waals surface area contributed by atoms with E-state index in [2.05, 4.69) is 5.32 Å². The molecule has 1 unspecified atom stereocenters. The zero-order chi connectivity index (χ0) is 15.8. The first kappa shape index (κ1) is 15.1. The highest BCUT2D eigenvalue weighted by Crippen LogP contribution is 2.32. The number of hydrogen-bond donors (Lipinski definition) is 3. The minimum Gasteiger partial charge on any atom is -0.507 e. The average molecular weight is 298 g/mol. The Hall–Kier alpha value is -2.28. The van der Waals surface area contributed by atoms with Crippen molar-refractivity contribution >= 4 is 22.4 Å². The van der Waals surface area contributed by atoms with Crippen LogP contribution in [-0.4, -0.2) is 22.7 Å². The summed E-state index contributed by atoms with van der Waals surface area (Å²) in [6, 6.07) is 9.08. The zero-order valence-electron chi connectivity index (χ0n) is 11.0. The van der Waals surface area contributed by atoms with Crippen LogP contribution in [0.4, 0.5) is 18.9 Å². The molecule has 1 amide bonds. The van der Waals surface area contributed by atoms with E-state index in [1.165, 1.54) is 24.3 Å².